The van der Waals surface area contributed by atoms with Crippen LogP contribution < -0.4 is 5.32 Å². The van der Waals surface area contributed by atoms with Gasteiger partial charge in [-0.3, -0.25) is 0 Å². The number of benzene rings is 1. The highest BCUT2D eigenvalue weighted by atomic mass is 79.9. The molecule has 2 unspecified atom stereocenters. The van der Waals surface area contributed by atoms with Crippen LogP contribution in [0, 0.1) is 0 Å². The molecule has 1 aromatic carbocycles. The van der Waals surface area contributed by atoms with Crippen molar-refractivity contribution in [2.24, 2.45) is 0 Å². The van der Waals surface area contributed by atoms with Gasteiger partial charge in [-0.25, -0.2) is 0 Å². The van der Waals surface area contributed by atoms with Gasteiger partial charge in [-0.15, -0.1) is 0 Å². The van der Waals surface area contributed by atoms with E-state index in [1.807, 2.05) is 12.3 Å². The van der Waals surface area contributed by atoms with Crippen molar-refractivity contribution in [1.29, 1.82) is 0 Å². The van der Waals surface area contributed by atoms with E-state index in [1.165, 1.54) is 5.56 Å². The van der Waals surface area contributed by atoms with Crippen LogP contribution in [-0.4, -0.2) is 29.3 Å². The van der Waals surface area contributed by atoms with Crippen molar-refractivity contribution in [3.8, 4) is 0 Å². The number of hydrogen-bond acceptors (Lipinski definition) is 3. The highest BCUT2D eigenvalue weighted by Crippen LogP contribution is 2.23. The number of thioether (sulfide) groups is 1. The van der Waals surface area contributed by atoms with Crippen LogP contribution in [-0.2, 0) is 6.54 Å². The fraction of sp³-hybridized carbons (Fsp3) is 0.500. The molecule has 1 rings (SSSR count). The summed E-state index contributed by atoms with van der Waals surface area (Å²) in [4.78, 5) is 0. The van der Waals surface area contributed by atoms with Gasteiger partial charge in [0.15, 0.2) is 0 Å². The standard InChI is InChI=1S/C12H17Br2NOS/c1-8(12(7-16)17-2)15-6-9-3-4-10(13)11(14)5-9/h3-5,8,12,15-16H,6-7H2,1-2H3. The van der Waals surface area contributed by atoms with Gasteiger partial charge >= 0.3 is 0 Å². The molecule has 0 saturated carbocycles. The maximum Gasteiger partial charge on any atom is 0.0564 e. The molecule has 0 aliphatic rings. The van der Waals surface area contributed by atoms with Crippen molar-refractivity contribution in [2.45, 2.75) is 24.8 Å². The van der Waals surface area contributed by atoms with Crippen LogP contribution in [0.5, 0.6) is 0 Å². The second-order valence-corrected chi connectivity index (χ2v) is 6.66. The molecule has 2 atom stereocenters. The van der Waals surface area contributed by atoms with Gasteiger partial charge in [0, 0.05) is 26.8 Å². The van der Waals surface area contributed by atoms with E-state index in [1.54, 1.807) is 11.8 Å². The van der Waals surface area contributed by atoms with E-state index in [-0.39, 0.29) is 17.9 Å². The van der Waals surface area contributed by atoms with Crippen LogP contribution in [0.15, 0.2) is 27.1 Å². The molecule has 0 spiro atoms. The van der Waals surface area contributed by atoms with E-state index < -0.39 is 0 Å². The predicted molar refractivity (Wildman–Crippen MR) is 82.5 cm³/mol. The zero-order valence-electron chi connectivity index (χ0n) is 9.91. The molecule has 0 heterocycles. The average Bonchev–Trinajstić information content (AvgIpc) is 2.32. The lowest BCUT2D eigenvalue weighted by Crippen LogP contribution is -2.37. The molecule has 2 nitrogen and oxygen atoms in total. The largest absolute Gasteiger partial charge is 0.395 e. The Bertz CT molecular complexity index is 358. The highest BCUT2D eigenvalue weighted by Gasteiger charge is 2.14. The van der Waals surface area contributed by atoms with Gasteiger partial charge in [0.1, 0.15) is 0 Å². The second kappa shape index (κ2) is 7.79. The SMILES string of the molecule is CSC(CO)C(C)NCc1ccc(Br)c(Br)c1. The van der Waals surface area contributed by atoms with Crippen molar-refractivity contribution in [1.82, 2.24) is 5.32 Å². The molecule has 17 heavy (non-hydrogen) atoms. The summed E-state index contributed by atoms with van der Waals surface area (Å²) < 4.78 is 2.12. The van der Waals surface area contributed by atoms with E-state index >= 15 is 0 Å². The first-order valence-electron chi connectivity index (χ1n) is 5.39. The van der Waals surface area contributed by atoms with Crippen molar-refractivity contribution in [2.75, 3.05) is 12.9 Å². The van der Waals surface area contributed by atoms with Crippen LogP contribution in [0.2, 0.25) is 0 Å². The Hall–Kier alpha value is 0.450. The van der Waals surface area contributed by atoms with Crippen LogP contribution in [0.4, 0.5) is 0 Å². The summed E-state index contributed by atoms with van der Waals surface area (Å²) in [5, 5.41) is 12.9. The summed E-state index contributed by atoms with van der Waals surface area (Å²) in [5.74, 6) is 0. The fourth-order valence-corrected chi connectivity index (χ4v) is 2.82. The van der Waals surface area contributed by atoms with Crippen molar-refractivity contribution < 1.29 is 5.11 Å². The third-order valence-electron chi connectivity index (χ3n) is 2.65. The zero-order chi connectivity index (χ0) is 12.8. The molecule has 0 aromatic heterocycles. The van der Waals surface area contributed by atoms with Gasteiger partial charge < -0.3 is 10.4 Å². The molecule has 96 valence electrons. The molecule has 0 bridgehead atoms. The van der Waals surface area contributed by atoms with E-state index in [0.717, 1.165) is 15.5 Å². The zero-order valence-corrected chi connectivity index (χ0v) is 13.9. The summed E-state index contributed by atoms with van der Waals surface area (Å²) in [5.41, 5.74) is 1.23. The summed E-state index contributed by atoms with van der Waals surface area (Å²) in [6, 6.07) is 6.50. The maximum absolute atomic E-state index is 9.20. The van der Waals surface area contributed by atoms with Crippen LogP contribution >= 0.6 is 43.6 Å². The maximum atomic E-state index is 9.20. The molecule has 5 heteroatoms. The number of halogens is 2. The first-order valence-corrected chi connectivity index (χ1v) is 8.26. The summed E-state index contributed by atoms with van der Waals surface area (Å²) >= 11 is 8.63. The highest BCUT2D eigenvalue weighted by molar-refractivity contribution is 9.13. The van der Waals surface area contributed by atoms with E-state index in [0.29, 0.717) is 0 Å². The Balaban J connectivity index is 2.52. The average molecular weight is 383 g/mol. The van der Waals surface area contributed by atoms with Crippen molar-refractivity contribution in [3.05, 3.63) is 32.7 Å². The molecule has 0 aliphatic heterocycles. The molecule has 0 fully saturated rings. The summed E-state index contributed by atoms with van der Waals surface area (Å²) in [7, 11) is 0. The Labute approximate surface area is 124 Å². The number of rotatable bonds is 6. The quantitative estimate of drug-likeness (QED) is 0.790. The number of hydrogen-bond donors (Lipinski definition) is 2. The number of aliphatic hydroxyl groups excluding tert-OH is 1. The Morgan fingerprint density at radius 2 is 2.06 bits per heavy atom. The van der Waals surface area contributed by atoms with Gasteiger partial charge in [-0.05, 0) is 62.7 Å². The smallest absolute Gasteiger partial charge is 0.0564 e. The monoisotopic (exact) mass is 381 g/mol. The van der Waals surface area contributed by atoms with Crippen molar-refractivity contribution >= 4 is 43.6 Å². The minimum Gasteiger partial charge on any atom is -0.395 e. The van der Waals surface area contributed by atoms with Gasteiger partial charge in [0.25, 0.3) is 0 Å². The second-order valence-electron chi connectivity index (χ2n) is 3.87. The Kier molecular flexibility index (Phi) is 7.11. The van der Waals surface area contributed by atoms with Crippen molar-refractivity contribution in [3.63, 3.8) is 0 Å². The molecule has 0 saturated heterocycles. The first kappa shape index (κ1) is 15.5. The third-order valence-corrected chi connectivity index (χ3v) is 5.70. The molecular weight excluding hydrogens is 366 g/mol. The fourth-order valence-electron chi connectivity index (χ4n) is 1.50. The van der Waals surface area contributed by atoms with Gasteiger partial charge in [0.05, 0.1) is 6.61 Å². The minimum atomic E-state index is 0.208. The molecular formula is C12H17Br2NOS. The molecule has 2 N–H and O–H groups in total. The summed E-state index contributed by atoms with van der Waals surface area (Å²) in [6.45, 7) is 3.12. The van der Waals surface area contributed by atoms with Crippen LogP contribution in [0.3, 0.4) is 0 Å². The predicted octanol–water partition coefficient (Wildman–Crippen LogP) is 3.41. The molecule has 1 aromatic rings. The van der Waals surface area contributed by atoms with E-state index in [4.69, 9.17) is 0 Å². The summed E-state index contributed by atoms with van der Waals surface area (Å²) in [6.07, 6.45) is 2.02. The number of aliphatic hydroxyl groups is 1. The topological polar surface area (TPSA) is 32.3 Å². The molecule has 0 amide bonds. The van der Waals surface area contributed by atoms with Crippen LogP contribution in [0.25, 0.3) is 0 Å². The normalized spacial score (nSPS) is 14.6. The first-order chi connectivity index (χ1) is 8.08. The Morgan fingerprint density at radius 3 is 2.59 bits per heavy atom. The lowest BCUT2D eigenvalue weighted by atomic mass is 10.2. The van der Waals surface area contributed by atoms with Crippen LogP contribution in [0.1, 0.15) is 12.5 Å². The van der Waals surface area contributed by atoms with E-state index in [2.05, 4.69) is 56.2 Å². The van der Waals surface area contributed by atoms with Gasteiger partial charge in [-0.1, -0.05) is 6.07 Å². The number of nitrogens with one attached hydrogen (secondary N) is 1. The molecule has 0 aliphatic carbocycles. The lowest BCUT2D eigenvalue weighted by Gasteiger charge is -2.21. The molecule has 0 radical (unpaired) electrons. The van der Waals surface area contributed by atoms with E-state index in [9.17, 15) is 5.11 Å². The minimum absolute atomic E-state index is 0.208. The van der Waals surface area contributed by atoms with Gasteiger partial charge in [-0.2, -0.15) is 11.8 Å². The van der Waals surface area contributed by atoms with Gasteiger partial charge in [0.2, 0.25) is 0 Å². The Morgan fingerprint density at radius 1 is 1.35 bits per heavy atom. The third kappa shape index (κ3) is 4.91. The lowest BCUT2D eigenvalue weighted by molar-refractivity contribution is 0.276.